The van der Waals surface area contributed by atoms with Crippen molar-refractivity contribution in [1.82, 2.24) is 0 Å². The van der Waals surface area contributed by atoms with Crippen molar-refractivity contribution in [2.45, 2.75) is 6.61 Å². The monoisotopic (exact) mass is 293 g/mol. The van der Waals surface area contributed by atoms with Crippen molar-refractivity contribution in [2.75, 3.05) is 12.8 Å². The molecule has 0 aliphatic rings. The third-order valence-electron chi connectivity index (χ3n) is 2.84. The fourth-order valence-corrected chi connectivity index (χ4v) is 1.67. The molecule has 2 aromatic carbocycles. The van der Waals surface area contributed by atoms with E-state index < -0.39 is 23.2 Å². The third-order valence-corrected chi connectivity index (χ3v) is 2.84. The Morgan fingerprint density at radius 1 is 1.14 bits per heavy atom. The first-order chi connectivity index (χ1) is 10.0. The summed E-state index contributed by atoms with van der Waals surface area (Å²) in [6.45, 7) is -0.0612. The number of halogens is 2. The minimum Gasteiger partial charge on any atom is -0.497 e. The predicted molar refractivity (Wildman–Crippen MR) is 72.9 cm³/mol. The highest BCUT2D eigenvalue weighted by molar-refractivity contribution is 5.90. The number of anilines is 1. The fraction of sp³-hybridized carbons (Fsp3) is 0.133. The Hall–Kier alpha value is -2.63. The summed E-state index contributed by atoms with van der Waals surface area (Å²) in [7, 11) is 1.54. The highest BCUT2D eigenvalue weighted by Crippen LogP contribution is 2.18. The first-order valence-electron chi connectivity index (χ1n) is 6.06. The van der Waals surface area contributed by atoms with Crippen molar-refractivity contribution in [2.24, 2.45) is 0 Å². The van der Waals surface area contributed by atoms with Gasteiger partial charge in [-0.3, -0.25) is 0 Å². The van der Waals surface area contributed by atoms with Crippen LogP contribution in [0.1, 0.15) is 15.9 Å². The number of benzene rings is 2. The first kappa shape index (κ1) is 14.8. The van der Waals surface area contributed by atoms with Crippen molar-refractivity contribution in [3.05, 3.63) is 59.2 Å². The van der Waals surface area contributed by atoms with Gasteiger partial charge < -0.3 is 15.2 Å². The van der Waals surface area contributed by atoms with E-state index in [1.807, 2.05) is 0 Å². The van der Waals surface area contributed by atoms with E-state index in [2.05, 4.69) is 0 Å². The molecule has 0 aliphatic carbocycles. The Bertz CT molecular complexity index is 657. The zero-order chi connectivity index (χ0) is 15.4. The predicted octanol–water partition coefficient (Wildman–Crippen LogP) is 2.91. The number of carbonyl (C=O) groups excluding carboxylic acids is 1. The Morgan fingerprint density at radius 3 is 2.43 bits per heavy atom. The topological polar surface area (TPSA) is 61.5 Å². The van der Waals surface area contributed by atoms with Crippen LogP contribution in [0.15, 0.2) is 36.4 Å². The van der Waals surface area contributed by atoms with Gasteiger partial charge in [-0.1, -0.05) is 12.1 Å². The van der Waals surface area contributed by atoms with Crippen LogP contribution in [-0.4, -0.2) is 13.1 Å². The van der Waals surface area contributed by atoms with Gasteiger partial charge >= 0.3 is 5.97 Å². The molecule has 2 N–H and O–H groups in total. The normalized spacial score (nSPS) is 10.2. The SMILES string of the molecule is COc1ccc(COC(=O)c2cc(F)c(N)cc2F)cc1. The lowest BCUT2D eigenvalue weighted by molar-refractivity contribution is 0.0467. The van der Waals surface area contributed by atoms with Gasteiger partial charge in [0.2, 0.25) is 0 Å². The molecule has 0 aromatic heterocycles. The lowest BCUT2D eigenvalue weighted by Gasteiger charge is -2.07. The molecule has 0 amide bonds. The highest BCUT2D eigenvalue weighted by atomic mass is 19.1. The minimum atomic E-state index is -0.956. The van der Waals surface area contributed by atoms with E-state index in [0.29, 0.717) is 11.3 Å². The number of hydrogen-bond acceptors (Lipinski definition) is 4. The Balaban J connectivity index is 2.06. The quantitative estimate of drug-likeness (QED) is 0.695. The average molecular weight is 293 g/mol. The molecule has 0 saturated carbocycles. The third kappa shape index (κ3) is 3.47. The van der Waals surface area contributed by atoms with E-state index in [1.165, 1.54) is 7.11 Å². The van der Waals surface area contributed by atoms with Gasteiger partial charge in [-0.2, -0.15) is 0 Å². The molecule has 0 saturated heterocycles. The number of esters is 1. The molecule has 0 fully saturated rings. The van der Waals surface area contributed by atoms with E-state index in [9.17, 15) is 13.6 Å². The molecular weight excluding hydrogens is 280 g/mol. The van der Waals surface area contributed by atoms with Crippen molar-refractivity contribution in [3.63, 3.8) is 0 Å². The van der Waals surface area contributed by atoms with E-state index in [1.54, 1.807) is 24.3 Å². The standard InChI is InChI=1S/C15H13F2NO3/c1-20-10-4-2-9(3-5-10)8-21-15(19)11-6-13(17)14(18)7-12(11)16/h2-7H,8,18H2,1H3. The number of nitrogen functional groups attached to an aromatic ring is 1. The molecule has 4 nitrogen and oxygen atoms in total. The largest absolute Gasteiger partial charge is 0.497 e. The van der Waals surface area contributed by atoms with Gasteiger partial charge in [0.05, 0.1) is 18.4 Å². The van der Waals surface area contributed by atoms with Crippen molar-refractivity contribution >= 4 is 11.7 Å². The molecule has 0 radical (unpaired) electrons. The lowest BCUT2D eigenvalue weighted by Crippen LogP contribution is -2.09. The van der Waals surface area contributed by atoms with Gasteiger partial charge in [0.25, 0.3) is 0 Å². The molecule has 110 valence electrons. The fourth-order valence-electron chi connectivity index (χ4n) is 1.67. The van der Waals surface area contributed by atoms with Crippen LogP contribution in [0.25, 0.3) is 0 Å². The molecule has 0 bridgehead atoms. The number of methoxy groups -OCH3 is 1. The number of hydrogen-bond donors (Lipinski definition) is 1. The lowest BCUT2D eigenvalue weighted by atomic mass is 10.2. The van der Waals surface area contributed by atoms with Gasteiger partial charge in [-0.15, -0.1) is 0 Å². The van der Waals surface area contributed by atoms with Crippen LogP contribution < -0.4 is 10.5 Å². The van der Waals surface area contributed by atoms with Crippen LogP contribution in [0.2, 0.25) is 0 Å². The van der Waals surface area contributed by atoms with Crippen LogP contribution in [0.5, 0.6) is 5.75 Å². The van der Waals surface area contributed by atoms with Gasteiger partial charge in [0, 0.05) is 6.07 Å². The maximum Gasteiger partial charge on any atom is 0.341 e. The van der Waals surface area contributed by atoms with Crippen LogP contribution in [-0.2, 0) is 11.3 Å². The van der Waals surface area contributed by atoms with Gasteiger partial charge in [-0.05, 0) is 23.8 Å². The maximum atomic E-state index is 13.5. The zero-order valence-electron chi connectivity index (χ0n) is 11.2. The second-order valence-electron chi connectivity index (χ2n) is 4.28. The van der Waals surface area contributed by atoms with E-state index in [-0.39, 0.29) is 12.3 Å². The zero-order valence-corrected chi connectivity index (χ0v) is 11.2. The smallest absolute Gasteiger partial charge is 0.341 e. The molecule has 0 atom stereocenters. The number of carbonyl (C=O) groups is 1. The summed E-state index contributed by atoms with van der Waals surface area (Å²) < 4.78 is 36.7. The van der Waals surface area contributed by atoms with E-state index >= 15 is 0 Å². The molecule has 2 rings (SSSR count). The second kappa shape index (κ2) is 6.21. The maximum absolute atomic E-state index is 13.5. The average Bonchev–Trinajstić information content (AvgIpc) is 2.49. The highest BCUT2D eigenvalue weighted by Gasteiger charge is 2.16. The summed E-state index contributed by atoms with van der Waals surface area (Å²) in [6, 6.07) is 8.28. The minimum absolute atomic E-state index is 0.0612. The van der Waals surface area contributed by atoms with Gasteiger partial charge in [0.1, 0.15) is 24.0 Å². The summed E-state index contributed by atoms with van der Waals surface area (Å²) in [5, 5.41) is 0. The van der Waals surface area contributed by atoms with E-state index in [0.717, 1.165) is 12.1 Å². The molecule has 21 heavy (non-hydrogen) atoms. The molecule has 0 spiro atoms. The van der Waals surface area contributed by atoms with Crippen LogP contribution >= 0.6 is 0 Å². The molecule has 0 unspecified atom stereocenters. The number of rotatable bonds is 4. The summed E-state index contributed by atoms with van der Waals surface area (Å²) >= 11 is 0. The van der Waals surface area contributed by atoms with Gasteiger partial charge in [0.15, 0.2) is 0 Å². The van der Waals surface area contributed by atoms with Gasteiger partial charge in [-0.25, -0.2) is 13.6 Å². The van der Waals surface area contributed by atoms with Crippen LogP contribution in [0.4, 0.5) is 14.5 Å². The Kier molecular flexibility index (Phi) is 4.37. The van der Waals surface area contributed by atoms with Crippen molar-refractivity contribution in [1.29, 1.82) is 0 Å². The molecule has 6 heteroatoms. The number of ether oxygens (including phenoxy) is 2. The van der Waals surface area contributed by atoms with Crippen molar-refractivity contribution < 1.29 is 23.0 Å². The number of nitrogens with two attached hydrogens (primary N) is 1. The summed E-state index contributed by atoms with van der Waals surface area (Å²) in [6.07, 6.45) is 0. The summed E-state index contributed by atoms with van der Waals surface area (Å²) in [5.41, 5.74) is 5.05. The Labute approximate surface area is 120 Å². The first-order valence-corrected chi connectivity index (χ1v) is 6.06. The molecule has 2 aromatic rings. The van der Waals surface area contributed by atoms with Crippen LogP contribution in [0, 0.1) is 11.6 Å². The summed E-state index contributed by atoms with van der Waals surface area (Å²) in [5.74, 6) is -2.08. The molecule has 0 aliphatic heterocycles. The van der Waals surface area contributed by atoms with Crippen molar-refractivity contribution in [3.8, 4) is 5.75 Å². The Morgan fingerprint density at radius 2 is 1.81 bits per heavy atom. The van der Waals surface area contributed by atoms with Crippen LogP contribution in [0.3, 0.4) is 0 Å². The molecular formula is C15H13F2NO3. The second-order valence-corrected chi connectivity index (χ2v) is 4.28. The molecule has 0 heterocycles. The summed E-state index contributed by atoms with van der Waals surface area (Å²) in [4.78, 5) is 11.7. The van der Waals surface area contributed by atoms with E-state index in [4.69, 9.17) is 15.2 Å².